The maximum absolute atomic E-state index is 13.2. The van der Waals surface area contributed by atoms with E-state index in [0.29, 0.717) is 46.0 Å². The van der Waals surface area contributed by atoms with Crippen LogP contribution < -0.4 is 10.9 Å². The molecule has 0 bridgehead atoms. The number of aromatic nitrogens is 2. The van der Waals surface area contributed by atoms with Crippen molar-refractivity contribution in [3.05, 3.63) is 57.4 Å². The first-order valence-corrected chi connectivity index (χ1v) is 11.0. The van der Waals surface area contributed by atoms with E-state index in [4.69, 9.17) is 17.0 Å². The van der Waals surface area contributed by atoms with Crippen LogP contribution >= 0.6 is 24.0 Å². The van der Waals surface area contributed by atoms with Crippen molar-refractivity contribution >= 4 is 51.7 Å². The number of rotatable bonds is 6. The maximum atomic E-state index is 13.2. The third-order valence-corrected chi connectivity index (χ3v) is 6.44. The van der Waals surface area contributed by atoms with Crippen LogP contribution in [0.3, 0.4) is 0 Å². The fourth-order valence-corrected chi connectivity index (χ4v) is 4.78. The summed E-state index contributed by atoms with van der Waals surface area (Å²) >= 11 is 6.62. The van der Waals surface area contributed by atoms with E-state index in [1.165, 1.54) is 16.2 Å². The van der Waals surface area contributed by atoms with Gasteiger partial charge in [0.05, 0.1) is 23.1 Å². The molecule has 2 aromatic heterocycles. The monoisotopic (exact) mass is 442 g/mol. The van der Waals surface area contributed by atoms with E-state index < -0.39 is 0 Å². The molecule has 4 rings (SSSR count). The van der Waals surface area contributed by atoms with E-state index in [-0.39, 0.29) is 17.6 Å². The predicted molar refractivity (Wildman–Crippen MR) is 124 cm³/mol. The average Bonchev–Trinajstić information content (AvgIpc) is 3.33. The van der Waals surface area contributed by atoms with Crippen LogP contribution in [0.25, 0.3) is 11.7 Å². The van der Waals surface area contributed by atoms with Gasteiger partial charge < -0.3 is 10.1 Å². The fraction of sp³-hybridized carbons (Fsp3) is 0.333. The van der Waals surface area contributed by atoms with Gasteiger partial charge in [-0.2, -0.15) is 0 Å². The first-order chi connectivity index (χ1) is 14.5. The van der Waals surface area contributed by atoms with Crippen LogP contribution in [-0.4, -0.2) is 50.3 Å². The summed E-state index contributed by atoms with van der Waals surface area (Å²) in [7, 11) is 0. The Hall–Kier alpha value is -2.49. The van der Waals surface area contributed by atoms with Crippen LogP contribution in [0.4, 0.5) is 5.82 Å². The minimum absolute atomic E-state index is 0.00704. The topological polar surface area (TPSA) is 75.9 Å². The highest BCUT2D eigenvalue weighted by Gasteiger charge is 2.35. The van der Waals surface area contributed by atoms with Gasteiger partial charge in [0.1, 0.15) is 15.8 Å². The van der Waals surface area contributed by atoms with Gasteiger partial charge in [-0.25, -0.2) is 4.98 Å². The summed E-state index contributed by atoms with van der Waals surface area (Å²) in [6, 6.07) is 3.70. The second kappa shape index (κ2) is 8.71. The summed E-state index contributed by atoms with van der Waals surface area (Å²) in [6.07, 6.45) is 6.87. The molecule has 156 valence electrons. The number of thioether (sulfide) groups is 1. The minimum Gasteiger partial charge on any atom is -0.376 e. The number of hydrogen-bond donors (Lipinski definition) is 1. The lowest BCUT2D eigenvalue weighted by Crippen LogP contribution is -2.35. The van der Waals surface area contributed by atoms with Crippen molar-refractivity contribution in [3.63, 3.8) is 0 Å². The standard InChI is InChI=1S/C21H22N4O3S2/c1-3-8-22-17-15(19(26)24-9-4-6-13(2)18(24)23-17)11-16-20(27)25(21(29)30-16)12-14-7-5-10-28-14/h3-4,6,9,11,14,22H,1,5,7-8,10,12H2,2H3/b16-11+. The van der Waals surface area contributed by atoms with E-state index in [1.54, 1.807) is 29.3 Å². The highest BCUT2D eigenvalue weighted by atomic mass is 32.2. The smallest absolute Gasteiger partial charge is 0.267 e. The molecule has 1 amide bonds. The molecule has 2 saturated heterocycles. The quantitative estimate of drug-likeness (QED) is 0.419. The molecular weight excluding hydrogens is 420 g/mol. The Morgan fingerprint density at radius 2 is 2.30 bits per heavy atom. The Morgan fingerprint density at radius 1 is 1.47 bits per heavy atom. The molecule has 0 spiro atoms. The first kappa shape index (κ1) is 20.8. The SMILES string of the molecule is C=CCNc1nc2c(C)cccn2c(=O)c1/C=C1/SC(=S)N(CC2CCCO2)C1=O. The number of hydrogen-bond acceptors (Lipinski definition) is 7. The van der Waals surface area contributed by atoms with E-state index in [2.05, 4.69) is 16.9 Å². The van der Waals surface area contributed by atoms with Gasteiger partial charge in [0, 0.05) is 19.3 Å². The third kappa shape index (κ3) is 3.92. The van der Waals surface area contributed by atoms with Gasteiger partial charge in [-0.15, -0.1) is 6.58 Å². The predicted octanol–water partition coefficient (Wildman–Crippen LogP) is 2.98. The van der Waals surface area contributed by atoms with Crippen molar-refractivity contribution in [3.8, 4) is 0 Å². The van der Waals surface area contributed by atoms with Crippen LogP contribution in [0.1, 0.15) is 24.0 Å². The van der Waals surface area contributed by atoms with E-state index in [0.717, 1.165) is 18.4 Å². The largest absolute Gasteiger partial charge is 0.376 e. The zero-order chi connectivity index (χ0) is 21.3. The molecule has 0 aromatic carbocycles. The normalized spacial score (nSPS) is 20.5. The molecule has 4 heterocycles. The summed E-state index contributed by atoms with van der Waals surface area (Å²) in [5.41, 5.74) is 1.51. The Morgan fingerprint density at radius 3 is 3.03 bits per heavy atom. The molecular formula is C21H22N4O3S2. The number of pyridine rings is 1. The third-order valence-electron chi connectivity index (χ3n) is 5.06. The molecule has 2 aliphatic rings. The van der Waals surface area contributed by atoms with Crippen molar-refractivity contribution in [2.45, 2.75) is 25.9 Å². The lowest BCUT2D eigenvalue weighted by atomic mass is 10.2. The molecule has 0 radical (unpaired) electrons. The number of aryl methyl sites for hydroxylation is 1. The Labute approximate surface area is 183 Å². The summed E-state index contributed by atoms with van der Waals surface area (Å²) in [5.74, 6) is 0.211. The van der Waals surface area contributed by atoms with Crippen molar-refractivity contribution in [1.82, 2.24) is 14.3 Å². The number of nitrogens with zero attached hydrogens (tertiary/aromatic N) is 3. The lowest BCUT2D eigenvalue weighted by molar-refractivity contribution is -0.123. The highest BCUT2D eigenvalue weighted by Crippen LogP contribution is 2.34. The molecule has 9 heteroatoms. The minimum atomic E-state index is -0.250. The van der Waals surface area contributed by atoms with Crippen molar-refractivity contribution < 1.29 is 9.53 Å². The number of nitrogens with one attached hydrogen (secondary N) is 1. The van der Waals surface area contributed by atoms with Gasteiger partial charge in [-0.05, 0) is 37.5 Å². The number of anilines is 1. The molecule has 0 saturated carbocycles. The fourth-order valence-electron chi connectivity index (χ4n) is 3.53. The second-order valence-electron chi connectivity index (χ2n) is 7.16. The molecule has 1 atom stereocenters. The van der Waals surface area contributed by atoms with Crippen LogP contribution in [0.2, 0.25) is 0 Å². The molecule has 2 aliphatic heterocycles. The molecule has 7 nitrogen and oxygen atoms in total. The Balaban J connectivity index is 1.74. The number of carbonyl (C=O) groups is 1. The number of carbonyl (C=O) groups excluding carboxylic acids is 1. The Bertz CT molecular complexity index is 1120. The molecule has 30 heavy (non-hydrogen) atoms. The molecule has 0 aliphatic carbocycles. The van der Waals surface area contributed by atoms with Crippen molar-refractivity contribution in [2.24, 2.45) is 0 Å². The van der Waals surface area contributed by atoms with Gasteiger partial charge >= 0.3 is 0 Å². The van der Waals surface area contributed by atoms with E-state index in [1.807, 2.05) is 13.0 Å². The summed E-state index contributed by atoms with van der Waals surface area (Å²) in [5, 5.41) is 3.12. The van der Waals surface area contributed by atoms with Crippen LogP contribution in [0.15, 0.2) is 40.7 Å². The maximum Gasteiger partial charge on any atom is 0.267 e. The number of fused-ring (bicyclic) bond motifs is 1. The van der Waals surface area contributed by atoms with Crippen molar-refractivity contribution in [2.75, 3.05) is 25.0 Å². The zero-order valence-electron chi connectivity index (χ0n) is 16.6. The van der Waals surface area contributed by atoms with Crippen molar-refractivity contribution in [1.29, 1.82) is 0 Å². The first-order valence-electron chi connectivity index (χ1n) is 9.73. The summed E-state index contributed by atoms with van der Waals surface area (Å²) < 4.78 is 7.61. The molecule has 1 N–H and O–H groups in total. The van der Waals surface area contributed by atoms with Gasteiger partial charge in [0.15, 0.2) is 0 Å². The summed E-state index contributed by atoms with van der Waals surface area (Å²) in [4.78, 5) is 32.8. The molecule has 1 unspecified atom stereocenters. The van der Waals surface area contributed by atoms with Gasteiger partial charge in [-0.1, -0.05) is 36.1 Å². The number of amides is 1. The highest BCUT2D eigenvalue weighted by molar-refractivity contribution is 8.26. The van der Waals surface area contributed by atoms with E-state index >= 15 is 0 Å². The number of thiocarbonyl (C=S) groups is 1. The second-order valence-corrected chi connectivity index (χ2v) is 8.84. The van der Waals surface area contributed by atoms with Crippen LogP contribution in [0.5, 0.6) is 0 Å². The van der Waals surface area contributed by atoms with Gasteiger partial charge in [-0.3, -0.25) is 18.9 Å². The number of ether oxygens (including phenoxy) is 1. The summed E-state index contributed by atoms with van der Waals surface area (Å²) in [6.45, 7) is 7.20. The average molecular weight is 443 g/mol. The van der Waals surface area contributed by atoms with Crippen LogP contribution in [0, 0.1) is 6.92 Å². The lowest BCUT2D eigenvalue weighted by Gasteiger charge is -2.18. The van der Waals surface area contributed by atoms with Gasteiger partial charge in [0.2, 0.25) is 0 Å². The zero-order valence-corrected chi connectivity index (χ0v) is 18.2. The molecule has 2 fully saturated rings. The van der Waals surface area contributed by atoms with Gasteiger partial charge in [0.25, 0.3) is 11.5 Å². The Kier molecular flexibility index (Phi) is 6.03. The molecule has 2 aromatic rings. The van der Waals surface area contributed by atoms with E-state index in [9.17, 15) is 9.59 Å². The van der Waals surface area contributed by atoms with Crippen LogP contribution in [-0.2, 0) is 9.53 Å².